The van der Waals surface area contributed by atoms with Gasteiger partial charge in [0, 0.05) is 19.6 Å². The Morgan fingerprint density at radius 1 is 1.40 bits per heavy atom. The van der Waals surface area contributed by atoms with E-state index in [-0.39, 0.29) is 11.6 Å². The monoisotopic (exact) mass is 432 g/mol. The molecule has 1 N–H and O–H groups in total. The summed E-state index contributed by atoms with van der Waals surface area (Å²) in [4.78, 5) is 26.8. The fraction of sp³-hybridized carbons (Fsp3) is 0.600. The molecule has 9 nitrogen and oxygen atoms in total. The maximum absolute atomic E-state index is 12.5. The third kappa shape index (κ3) is 4.06. The van der Waals surface area contributed by atoms with Crippen LogP contribution in [0.3, 0.4) is 0 Å². The van der Waals surface area contributed by atoms with Gasteiger partial charge in [0.1, 0.15) is 10.3 Å². The van der Waals surface area contributed by atoms with Crippen molar-refractivity contribution in [1.82, 2.24) is 29.4 Å². The predicted molar refractivity (Wildman–Crippen MR) is 116 cm³/mol. The molecule has 3 aromatic heterocycles. The molecule has 0 spiro atoms. The smallest absolute Gasteiger partial charge is 0.407 e. The van der Waals surface area contributed by atoms with Crippen LogP contribution in [-0.2, 0) is 18.3 Å². The lowest BCUT2D eigenvalue weighted by molar-refractivity contribution is 0.0505. The first-order chi connectivity index (χ1) is 14.2. The second-order valence-electron chi connectivity index (χ2n) is 8.95. The normalized spacial score (nSPS) is 15.8. The van der Waals surface area contributed by atoms with Crippen LogP contribution < -0.4 is 10.9 Å². The lowest BCUT2D eigenvalue weighted by atomic mass is 10.1. The molecular weight excluding hydrogens is 404 g/mol. The lowest BCUT2D eigenvalue weighted by Gasteiger charge is -2.28. The third-order valence-corrected chi connectivity index (χ3v) is 6.27. The summed E-state index contributed by atoms with van der Waals surface area (Å²) < 4.78 is 9.56. The van der Waals surface area contributed by atoms with Gasteiger partial charge in [0.15, 0.2) is 5.82 Å². The molecule has 162 valence electrons. The fourth-order valence-corrected chi connectivity index (χ4v) is 4.61. The molecule has 1 fully saturated rings. The molecule has 1 saturated carbocycles. The van der Waals surface area contributed by atoms with Gasteiger partial charge >= 0.3 is 6.09 Å². The molecule has 4 rings (SSSR count). The van der Waals surface area contributed by atoms with E-state index in [1.807, 2.05) is 43.7 Å². The molecule has 1 atom stereocenters. The first kappa shape index (κ1) is 20.8. The number of rotatable bonds is 6. The molecule has 0 bridgehead atoms. The van der Waals surface area contributed by atoms with Crippen molar-refractivity contribution in [1.29, 1.82) is 0 Å². The van der Waals surface area contributed by atoms with E-state index in [1.54, 1.807) is 7.05 Å². The van der Waals surface area contributed by atoms with Gasteiger partial charge in [-0.15, -0.1) is 21.5 Å². The highest BCUT2D eigenvalue weighted by Crippen LogP contribution is 2.35. The van der Waals surface area contributed by atoms with Gasteiger partial charge in [-0.25, -0.2) is 4.79 Å². The molecule has 1 amide bonds. The van der Waals surface area contributed by atoms with Crippen LogP contribution in [0.1, 0.15) is 39.4 Å². The average molecular weight is 433 g/mol. The Hall–Kier alpha value is -2.46. The number of aromatic nitrogens is 4. The van der Waals surface area contributed by atoms with Crippen molar-refractivity contribution in [2.45, 2.75) is 51.8 Å². The van der Waals surface area contributed by atoms with Gasteiger partial charge in [-0.05, 0) is 58.0 Å². The molecule has 0 radical (unpaired) electrons. The van der Waals surface area contributed by atoms with E-state index in [9.17, 15) is 9.59 Å². The standard InChI is InChI=1S/C20H28N6O3S/c1-20(2,3)29-19(28)21-10-14(12-6-7-12)24(4)11-15-22-23-18-25(5)17(27)16-13(26(15)18)8-9-30-16/h8-9,12,14H,6-7,10-11H2,1-5H3,(H,21,28)/t14-/m1/s1. The minimum Gasteiger partial charge on any atom is -0.444 e. The Balaban J connectivity index is 1.55. The van der Waals surface area contributed by atoms with Gasteiger partial charge < -0.3 is 10.1 Å². The van der Waals surface area contributed by atoms with Gasteiger partial charge in [0.2, 0.25) is 5.78 Å². The Kier molecular flexibility index (Phi) is 5.31. The van der Waals surface area contributed by atoms with Crippen molar-refractivity contribution in [3.8, 4) is 0 Å². The topological polar surface area (TPSA) is 93.8 Å². The van der Waals surface area contributed by atoms with Crippen LogP contribution in [-0.4, -0.2) is 55.4 Å². The number of nitrogens with zero attached hydrogens (tertiary/aromatic N) is 5. The zero-order valence-electron chi connectivity index (χ0n) is 18.0. The van der Waals surface area contributed by atoms with E-state index >= 15 is 0 Å². The number of amides is 1. The third-order valence-electron chi connectivity index (χ3n) is 5.37. The van der Waals surface area contributed by atoms with Gasteiger partial charge in [-0.3, -0.25) is 18.7 Å². The minimum absolute atomic E-state index is 0.0581. The lowest BCUT2D eigenvalue weighted by Crippen LogP contribution is -2.44. The summed E-state index contributed by atoms with van der Waals surface area (Å²) in [7, 11) is 3.75. The number of nitrogens with one attached hydrogen (secondary N) is 1. The minimum atomic E-state index is -0.520. The zero-order valence-corrected chi connectivity index (χ0v) is 18.8. The maximum Gasteiger partial charge on any atom is 0.407 e. The van der Waals surface area contributed by atoms with Crippen LogP contribution in [0.5, 0.6) is 0 Å². The number of likely N-dealkylation sites (N-methyl/N-ethyl adjacent to an activating group) is 1. The zero-order chi connectivity index (χ0) is 21.6. The largest absolute Gasteiger partial charge is 0.444 e. The van der Waals surface area contributed by atoms with Crippen molar-refractivity contribution in [2.75, 3.05) is 13.6 Å². The SMILES string of the molecule is CN(Cc1nnc2n(C)c(=O)c3sccc3n12)[C@H](CNC(=O)OC(C)(C)C)C1CC1. The summed E-state index contributed by atoms with van der Waals surface area (Å²) in [5.74, 6) is 1.84. The number of alkyl carbamates (subject to hydrolysis) is 1. The number of hydrogen-bond donors (Lipinski definition) is 1. The maximum atomic E-state index is 12.5. The molecule has 1 aliphatic rings. The van der Waals surface area contributed by atoms with E-state index in [1.165, 1.54) is 15.9 Å². The molecule has 10 heteroatoms. The van der Waals surface area contributed by atoms with Crippen molar-refractivity contribution in [3.63, 3.8) is 0 Å². The molecular formula is C20H28N6O3S. The van der Waals surface area contributed by atoms with E-state index in [0.717, 1.165) is 24.2 Å². The van der Waals surface area contributed by atoms with Crippen LogP contribution >= 0.6 is 11.3 Å². The summed E-state index contributed by atoms with van der Waals surface area (Å²) >= 11 is 1.43. The number of thiophene rings is 1. The first-order valence-corrected chi connectivity index (χ1v) is 11.0. The van der Waals surface area contributed by atoms with Crippen LogP contribution in [0.2, 0.25) is 0 Å². The second-order valence-corrected chi connectivity index (χ2v) is 9.87. The van der Waals surface area contributed by atoms with E-state index in [0.29, 0.717) is 29.5 Å². The average Bonchev–Trinajstić information content (AvgIpc) is 3.21. The number of hydrogen-bond acceptors (Lipinski definition) is 7. The highest BCUT2D eigenvalue weighted by Gasteiger charge is 2.35. The van der Waals surface area contributed by atoms with Crippen LogP contribution in [0.4, 0.5) is 4.79 Å². The van der Waals surface area contributed by atoms with Gasteiger partial charge in [-0.2, -0.15) is 0 Å². The Bertz CT molecular complexity index is 1140. The van der Waals surface area contributed by atoms with Crippen molar-refractivity contribution in [3.05, 3.63) is 27.6 Å². The summed E-state index contributed by atoms with van der Waals surface area (Å²) in [5, 5.41) is 13.5. The number of fused-ring (bicyclic) bond motifs is 3. The molecule has 3 heterocycles. The molecule has 0 unspecified atom stereocenters. The first-order valence-electron chi connectivity index (χ1n) is 10.1. The fourth-order valence-electron chi connectivity index (χ4n) is 3.76. The van der Waals surface area contributed by atoms with Crippen LogP contribution in [0, 0.1) is 5.92 Å². The van der Waals surface area contributed by atoms with E-state index < -0.39 is 11.7 Å². The Labute approximate surface area is 178 Å². The molecule has 0 saturated heterocycles. The van der Waals surface area contributed by atoms with Gasteiger partial charge in [0.25, 0.3) is 5.56 Å². The molecule has 1 aliphatic carbocycles. The van der Waals surface area contributed by atoms with Gasteiger partial charge in [0.05, 0.1) is 12.1 Å². The van der Waals surface area contributed by atoms with Crippen LogP contribution in [0.15, 0.2) is 16.2 Å². The van der Waals surface area contributed by atoms with Crippen molar-refractivity contribution < 1.29 is 9.53 Å². The van der Waals surface area contributed by atoms with Gasteiger partial charge in [-0.1, -0.05) is 0 Å². The predicted octanol–water partition coefficient (Wildman–Crippen LogP) is 2.38. The number of carbonyl (C=O) groups excluding carboxylic acids is 1. The molecule has 0 aliphatic heterocycles. The Morgan fingerprint density at radius 3 is 2.80 bits per heavy atom. The molecule has 30 heavy (non-hydrogen) atoms. The van der Waals surface area contributed by atoms with Crippen molar-refractivity contribution in [2.24, 2.45) is 13.0 Å². The highest BCUT2D eigenvalue weighted by molar-refractivity contribution is 7.17. The second kappa shape index (κ2) is 7.66. The Morgan fingerprint density at radius 2 is 2.13 bits per heavy atom. The quantitative estimate of drug-likeness (QED) is 0.643. The number of aryl methyl sites for hydroxylation is 1. The van der Waals surface area contributed by atoms with Crippen molar-refractivity contribution >= 4 is 33.4 Å². The summed E-state index contributed by atoms with van der Waals surface area (Å²) in [6.07, 6.45) is 1.90. The molecule has 3 aromatic rings. The van der Waals surface area contributed by atoms with E-state index in [4.69, 9.17) is 4.74 Å². The number of carbonyl (C=O) groups is 1. The van der Waals surface area contributed by atoms with Crippen LogP contribution in [0.25, 0.3) is 16.0 Å². The number of ether oxygens (including phenoxy) is 1. The summed E-state index contributed by atoms with van der Waals surface area (Å²) in [6, 6.07) is 2.11. The highest BCUT2D eigenvalue weighted by atomic mass is 32.1. The summed E-state index contributed by atoms with van der Waals surface area (Å²) in [6.45, 7) is 6.63. The van der Waals surface area contributed by atoms with E-state index in [2.05, 4.69) is 20.4 Å². The molecule has 0 aromatic carbocycles. The summed E-state index contributed by atoms with van der Waals surface area (Å²) in [5.41, 5.74) is 0.256.